The molecule has 1 aliphatic heterocycles. The van der Waals surface area contributed by atoms with E-state index >= 15 is 0 Å². The number of benzene rings is 1. The molecule has 1 aromatic carbocycles. The van der Waals surface area contributed by atoms with Gasteiger partial charge in [-0.1, -0.05) is 36.4 Å². The lowest BCUT2D eigenvalue weighted by molar-refractivity contribution is 0.107. The number of imidazole rings is 1. The molecule has 2 fully saturated rings. The number of rotatable bonds is 4. The smallest absolute Gasteiger partial charge is 0.150 e. The highest BCUT2D eigenvalue weighted by molar-refractivity contribution is 5.91. The number of nitrogen functional groups attached to an aromatic ring is 1. The van der Waals surface area contributed by atoms with E-state index < -0.39 is 0 Å². The van der Waals surface area contributed by atoms with Crippen LogP contribution in [-0.2, 0) is 0 Å². The quantitative estimate of drug-likeness (QED) is 0.446. The summed E-state index contributed by atoms with van der Waals surface area (Å²) in [5.41, 5.74) is 12.3. The van der Waals surface area contributed by atoms with Crippen molar-refractivity contribution < 1.29 is 5.11 Å². The number of likely N-dealkylation sites (tertiary alicyclic amines) is 1. The van der Waals surface area contributed by atoms with E-state index in [-0.39, 0.29) is 6.10 Å². The van der Waals surface area contributed by atoms with E-state index in [1.807, 2.05) is 6.20 Å². The van der Waals surface area contributed by atoms with Crippen LogP contribution in [0.25, 0.3) is 33.3 Å². The second-order valence-electron chi connectivity index (χ2n) is 10.4. The molecule has 3 N–H and O–H groups in total. The number of allylic oxidation sites excluding steroid dienone is 4. The Labute approximate surface area is 210 Å². The molecule has 7 heteroatoms. The molecule has 0 spiro atoms. The molecule has 1 saturated heterocycles. The van der Waals surface area contributed by atoms with Crippen LogP contribution in [0.5, 0.6) is 0 Å². The SMILES string of the molecule is Nc1nccn2c(C3CC(N4CC[C@@H](O)C4)C3)nc(-c3ccc4ccc(C5=CCCC=C5)nc4c3)c12. The first-order valence-electron chi connectivity index (χ1n) is 13.0. The van der Waals surface area contributed by atoms with Gasteiger partial charge < -0.3 is 10.8 Å². The number of aromatic nitrogens is 4. The van der Waals surface area contributed by atoms with Crippen LogP contribution in [0.2, 0.25) is 0 Å². The zero-order valence-corrected chi connectivity index (χ0v) is 20.2. The second kappa shape index (κ2) is 8.54. The lowest BCUT2D eigenvalue weighted by Gasteiger charge is -2.40. The summed E-state index contributed by atoms with van der Waals surface area (Å²) in [7, 11) is 0. The first-order chi connectivity index (χ1) is 17.6. The number of β-amino-alcohol motifs (C(OH)–C–C–N with tert-alkyl or cyclic N) is 1. The molecule has 3 aromatic heterocycles. The van der Waals surface area contributed by atoms with E-state index in [0.29, 0.717) is 17.8 Å². The molecule has 182 valence electrons. The third kappa shape index (κ3) is 3.62. The molecule has 3 aliphatic rings. The molecule has 1 atom stereocenters. The molecular formula is C29H30N6O. The van der Waals surface area contributed by atoms with E-state index in [1.54, 1.807) is 6.20 Å². The first-order valence-corrected chi connectivity index (χ1v) is 13.0. The second-order valence-corrected chi connectivity index (χ2v) is 10.4. The molecule has 36 heavy (non-hydrogen) atoms. The fourth-order valence-corrected chi connectivity index (χ4v) is 6.00. The van der Waals surface area contributed by atoms with Gasteiger partial charge in [-0.2, -0.15) is 0 Å². The van der Waals surface area contributed by atoms with E-state index in [1.165, 1.54) is 5.57 Å². The minimum atomic E-state index is -0.179. The molecule has 7 rings (SSSR count). The van der Waals surface area contributed by atoms with Crippen LogP contribution in [0.4, 0.5) is 5.82 Å². The molecule has 0 unspecified atom stereocenters. The lowest BCUT2D eigenvalue weighted by atomic mass is 9.79. The molecule has 2 aliphatic carbocycles. The van der Waals surface area contributed by atoms with Crippen molar-refractivity contribution in [2.45, 2.75) is 50.2 Å². The van der Waals surface area contributed by atoms with Crippen molar-refractivity contribution in [3.8, 4) is 11.3 Å². The van der Waals surface area contributed by atoms with Crippen LogP contribution >= 0.6 is 0 Å². The van der Waals surface area contributed by atoms with Gasteiger partial charge in [0, 0.05) is 48.4 Å². The average Bonchev–Trinajstić information content (AvgIpc) is 3.48. The van der Waals surface area contributed by atoms with Crippen LogP contribution < -0.4 is 5.73 Å². The fourth-order valence-electron chi connectivity index (χ4n) is 6.00. The maximum absolute atomic E-state index is 9.93. The van der Waals surface area contributed by atoms with Crippen molar-refractivity contribution in [1.82, 2.24) is 24.3 Å². The van der Waals surface area contributed by atoms with Gasteiger partial charge in [0.05, 0.1) is 17.3 Å². The fraction of sp³-hybridized carbons (Fsp3) is 0.345. The van der Waals surface area contributed by atoms with Gasteiger partial charge in [0.1, 0.15) is 22.9 Å². The van der Waals surface area contributed by atoms with E-state index in [4.69, 9.17) is 15.7 Å². The summed E-state index contributed by atoms with van der Waals surface area (Å²) >= 11 is 0. The highest BCUT2D eigenvalue weighted by atomic mass is 16.3. The predicted molar refractivity (Wildman–Crippen MR) is 142 cm³/mol. The summed E-state index contributed by atoms with van der Waals surface area (Å²) in [6.07, 6.45) is 15.3. The van der Waals surface area contributed by atoms with Crippen LogP contribution in [0.15, 0.2) is 61.0 Å². The Morgan fingerprint density at radius 3 is 2.75 bits per heavy atom. The molecule has 1 saturated carbocycles. The Morgan fingerprint density at radius 1 is 1.06 bits per heavy atom. The van der Waals surface area contributed by atoms with Crippen LogP contribution in [-0.4, -0.2) is 54.6 Å². The van der Waals surface area contributed by atoms with Gasteiger partial charge in [-0.25, -0.2) is 15.0 Å². The van der Waals surface area contributed by atoms with Crippen molar-refractivity contribution in [3.63, 3.8) is 0 Å². The maximum Gasteiger partial charge on any atom is 0.150 e. The van der Waals surface area contributed by atoms with Crippen molar-refractivity contribution in [2.75, 3.05) is 18.8 Å². The van der Waals surface area contributed by atoms with Gasteiger partial charge in [-0.05, 0) is 49.8 Å². The Morgan fingerprint density at radius 2 is 1.94 bits per heavy atom. The minimum Gasteiger partial charge on any atom is -0.392 e. The number of nitrogens with zero attached hydrogens (tertiary/aromatic N) is 5. The van der Waals surface area contributed by atoms with Gasteiger partial charge in [0.15, 0.2) is 0 Å². The Kier molecular flexibility index (Phi) is 5.15. The van der Waals surface area contributed by atoms with E-state index in [9.17, 15) is 5.11 Å². The number of hydrogen-bond acceptors (Lipinski definition) is 6. The Balaban J connectivity index is 1.26. The van der Waals surface area contributed by atoms with Gasteiger partial charge >= 0.3 is 0 Å². The molecule has 4 aromatic rings. The summed E-state index contributed by atoms with van der Waals surface area (Å²) in [6.45, 7) is 1.78. The number of hydrogen-bond donors (Lipinski definition) is 2. The predicted octanol–water partition coefficient (Wildman–Crippen LogP) is 4.57. The van der Waals surface area contributed by atoms with Crippen molar-refractivity contribution in [2.24, 2.45) is 0 Å². The minimum absolute atomic E-state index is 0.179. The zero-order chi connectivity index (χ0) is 24.2. The monoisotopic (exact) mass is 478 g/mol. The summed E-state index contributed by atoms with van der Waals surface area (Å²) in [5.74, 6) is 1.90. The van der Waals surface area contributed by atoms with Gasteiger partial charge in [0.25, 0.3) is 0 Å². The number of pyridine rings is 1. The highest BCUT2D eigenvalue weighted by Crippen LogP contribution is 2.42. The maximum atomic E-state index is 9.93. The van der Waals surface area contributed by atoms with Crippen LogP contribution in [0.1, 0.15) is 49.5 Å². The van der Waals surface area contributed by atoms with Gasteiger partial charge in [-0.15, -0.1) is 0 Å². The molecular weight excluding hydrogens is 448 g/mol. The Hall–Kier alpha value is -3.55. The number of aliphatic hydroxyl groups is 1. The zero-order valence-electron chi connectivity index (χ0n) is 20.2. The normalized spacial score (nSPS) is 24.4. The average molecular weight is 479 g/mol. The third-order valence-electron chi connectivity index (χ3n) is 8.06. The molecule has 0 radical (unpaired) electrons. The van der Waals surface area contributed by atoms with Crippen molar-refractivity contribution in [1.29, 1.82) is 0 Å². The van der Waals surface area contributed by atoms with Gasteiger partial charge in [0.2, 0.25) is 0 Å². The Bertz CT molecular complexity index is 1530. The van der Waals surface area contributed by atoms with Crippen LogP contribution in [0, 0.1) is 0 Å². The summed E-state index contributed by atoms with van der Waals surface area (Å²) in [4.78, 5) is 17.0. The highest BCUT2D eigenvalue weighted by Gasteiger charge is 2.39. The van der Waals surface area contributed by atoms with Crippen molar-refractivity contribution in [3.05, 3.63) is 72.5 Å². The lowest BCUT2D eigenvalue weighted by Crippen LogP contribution is -2.43. The summed E-state index contributed by atoms with van der Waals surface area (Å²) in [6, 6.07) is 11.1. The number of anilines is 1. The molecule has 0 bridgehead atoms. The molecule has 0 amide bonds. The summed E-state index contributed by atoms with van der Waals surface area (Å²) in [5, 5.41) is 11.0. The molecule has 7 nitrogen and oxygen atoms in total. The number of nitrogens with two attached hydrogens (primary N) is 1. The topological polar surface area (TPSA) is 92.6 Å². The largest absolute Gasteiger partial charge is 0.392 e. The molecule has 4 heterocycles. The van der Waals surface area contributed by atoms with E-state index in [2.05, 4.69) is 62.8 Å². The summed E-state index contributed by atoms with van der Waals surface area (Å²) < 4.78 is 2.13. The first kappa shape index (κ1) is 21.7. The van der Waals surface area contributed by atoms with Crippen LogP contribution in [0.3, 0.4) is 0 Å². The standard InChI is InChI=1S/C29H30N6O/c30-28-27-26(20-7-6-19-8-9-24(32-25(19)16-20)18-4-2-1-3-5-18)33-29(35(27)13-11-31-28)21-14-22(15-21)34-12-10-23(36)17-34/h2,4-9,11,13,16,21-23,36H,1,3,10,12,14-15,17H2,(H2,30,31)/t21?,22?,23-/m1/s1. The van der Waals surface area contributed by atoms with Gasteiger partial charge in [-0.3, -0.25) is 9.30 Å². The van der Waals surface area contributed by atoms with Crippen molar-refractivity contribution >= 4 is 27.8 Å². The van der Waals surface area contributed by atoms with E-state index in [0.717, 1.165) is 84.4 Å². The third-order valence-corrected chi connectivity index (χ3v) is 8.06. The number of fused-ring (bicyclic) bond motifs is 2. The number of aliphatic hydroxyl groups excluding tert-OH is 1.